The summed E-state index contributed by atoms with van der Waals surface area (Å²) in [6.07, 6.45) is 6.05. The Morgan fingerprint density at radius 3 is 2.50 bits per heavy atom. The van der Waals surface area contributed by atoms with Crippen LogP contribution in [0.3, 0.4) is 0 Å². The topological polar surface area (TPSA) is 108 Å². The number of hydrogen-bond acceptors (Lipinski definition) is 8. The van der Waals surface area contributed by atoms with E-state index in [0.717, 1.165) is 35.3 Å². The molecule has 0 spiro atoms. The van der Waals surface area contributed by atoms with E-state index in [9.17, 15) is 9.90 Å². The summed E-state index contributed by atoms with van der Waals surface area (Å²) in [4.78, 5) is 20.9. The van der Waals surface area contributed by atoms with Gasteiger partial charge in [0.15, 0.2) is 0 Å². The van der Waals surface area contributed by atoms with Crippen molar-refractivity contribution in [2.75, 3.05) is 7.11 Å². The molecule has 4 aromatic rings. The first-order valence-electron chi connectivity index (χ1n) is 13.1. The predicted molar refractivity (Wildman–Crippen MR) is 149 cm³/mol. The molecule has 6 rings (SSSR count). The molecule has 2 heterocycles. The molecule has 0 amide bonds. The first-order chi connectivity index (χ1) is 19.3. The number of aromatic nitrogens is 3. The number of hydrogen-bond donors (Lipinski definition) is 1. The first kappa shape index (κ1) is 26.7. The van der Waals surface area contributed by atoms with Gasteiger partial charge in [-0.15, -0.1) is 0 Å². The largest absolute Gasteiger partial charge is 0.471 e. The standard InChI is InChI=1S/C30H27Cl2N3O5/c1-16-8-18(10-19(9-16)29(36)38-2)20-11-30(37,12-20)24-13-34-25(14-33-24)39-15-21-27(35-40-28(21)17-6-7-17)26-22(31)4-3-5-23(26)32/h3-5,8-10,13-14,17,20,37H,6-7,11-12,15H2,1-2H3. The molecule has 0 radical (unpaired) electrons. The number of aryl methyl sites for hydroxylation is 1. The Labute approximate surface area is 241 Å². The zero-order valence-electron chi connectivity index (χ0n) is 22.0. The van der Waals surface area contributed by atoms with E-state index in [0.29, 0.717) is 57.2 Å². The second-order valence-electron chi connectivity index (χ2n) is 10.5. The minimum atomic E-state index is -1.10. The van der Waals surface area contributed by atoms with Crippen molar-refractivity contribution in [1.29, 1.82) is 0 Å². The zero-order chi connectivity index (χ0) is 28.0. The SMILES string of the molecule is COC(=O)c1cc(C)cc(C2CC(O)(c3cnc(OCc4c(-c5c(Cl)cccc5Cl)noc4C4CC4)cn3)C2)c1. The van der Waals surface area contributed by atoms with Crippen LogP contribution in [0.2, 0.25) is 10.0 Å². The van der Waals surface area contributed by atoms with Crippen LogP contribution in [0.15, 0.2) is 53.3 Å². The molecule has 1 N–H and O–H groups in total. The number of carbonyl (C=O) groups is 1. The summed E-state index contributed by atoms with van der Waals surface area (Å²) < 4.78 is 16.6. The van der Waals surface area contributed by atoms with Crippen LogP contribution in [0.5, 0.6) is 5.88 Å². The van der Waals surface area contributed by atoms with Crippen LogP contribution in [0, 0.1) is 6.92 Å². The number of rotatable bonds is 8. The third kappa shape index (κ3) is 5.07. The third-order valence-corrected chi connectivity index (χ3v) is 8.23. The molecule has 0 atom stereocenters. The highest BCUT2D eigenvalue weighted by atomic mass is 35.5. The van der Waals surface area contributed by atoms with E-state index in [4.69, 9.17) is 37.2 Å². The van der Waals surface area contributed by atoms with Gasteiger partial charge in [0, 0.05) is 11.5 Å². The maximum Gasteiger partial charge on any atom is 0.337 e. The second kappa shape index (κ2) is 10.5. The maximum absolute atomic E-state index is 12.0. The van der Waals surface area contributed by atoms with Crippen molar-refractivity contribution < 1.29 is 23.9 Å². The maximum atomic E-state index is 12.0. The van der Waals surface area contributed by atoms with E-state index in [2.05, 4.69) is 15.1 Å². The molecule has 40 heavy (non-hydrogen) atoms. The average Bonchev–Trinajstić information content (AvgIpc) is 3.69. The molecule has 2 aliphatic rings. The Balaban J connectivity index is 1.16. The highest BCUT2D eigenvalue weighted by Crippen LogP contribution is 2.50. The first-order valence-corrected chi connectivity index (χ1v) is 13.8. The molecule has 10 heteroatoms. The molecule has 8 nitrogen and oxygen atoms in total. The number of methoxy groups -OCH3 is 1. The highest BCUT2D eigenvalue weighted by Gasteiger charge is 2.46. The van der Waals surface area contributed by atoms with Gasteiger partial charge in [-0.05, 0) is 73.9 Å². The number of nitrogens with zero attached hydrogens (tertiary/aromatic N) is 3. The molecule has 0 saturated heterocycles. The number of benzene rings is 2. The number of carbonyl (C=O) groups excluding carboxylic acids is 1. The molecule has 0 unspecified atom stereocenters. The van der Waals surface area contributed by atoms with Gasteiger partial charge in [-0.25, -0.2) is 9.78 Å². The van der Waals surface area contributed by atoms with Gasteiger partial charge in [0.05, 0.1) is 46.4 Å². The van der Waals surface area contributed by atoms with Crippen molar-refractivity contribution in [2.24, 2.45) is 0 Å². The fraction of sp³-hybridized carbons (Fsp3) is 0.333. The lowest BCUT2D eigenvalue weighted by atomic mass is 9.66. The van der Waals surface area contributed by atoms with Crippen molar-refractivity contribution in [3.63, 3.8) is 0 Å². The summed E-state index contributed by atoms with van der Waals surface area (Å²) in [6, 6.07) is 11.0. The van der Waals surface area contributed by atoms with E-state index >= 15 is 0 Å². The summed E-state index contributed by atoms with van der Waals surface area (Å²) in [7, 11) is 1.37. The predicted octanol–water partition coefficient (Wildman–Crippen LogP) is 6.76. The molecule has 2 saturated carbocycles. The van der Waals surface area contributed by atoms with Crippen molar-refractivity contribution in [3.8, 4) is 17.1 Å². The Hall–Kier alpha value is -3.46. The van der Waals surface area contributed by atoms with Gasteiger partial charge in [-0.1, -0.05) is 40.5 Å². The monoisotopic (exact) mass is 579 g/mol. The summed E-state index contributed by atoms with van der Waals surface area (Å²) in [5.41, 5.74) is 3.79. The summed E-state index contributed by atoms with van der Waals surface area (Å²) in [5, 5.41) is 16.5. The molecule has 0 aliphatic heterocycles. The number of esters is 1. The number of halogens is 2. The van der Waals surface area contributed by atoms with Gasteiger partial charge in [-0.2, -0.15) is 0 Å². The minimum absolute atomic E-state index is 0.0931. The van der Waals surface area contributed by atoms with Gasteiger partial charge in [0.2, 0.25) is 5.88 Å². The Bertz CT molecular complexity index is 1560. The van der Waals surface area contributed by atoms with Crippen molar-refractivity contribution >= 4 is 29.2 Å². The number of ether oxygens (including phenoxy) is 2. The van der Waals surface area contributed by atoms with Crippen LogP contribution in [-0.2, 0) is 16.9 Å². The highest BCUT2D eigenvalue weighted by molar-refractivity contribution is 6.39. The van der Waals surface area contributed by atoms with Crippen LogP contribution in [0.25, 0.3) is 11.3 Å². The van der Waals surface area contributed by atoms with Gasteiger partial charge in [-0.3, -0.25) is 4.98 Å². The quantitative estimate of drug-likeness (QED) is 0.228. The number of aliphatic hydroxyl groups is 1. The smallest absolute Gasteiger partial charge is 0.337 e. The van der Waals surface area contributed by atoms with Crippen molar-refractivity contribution in [3.05, 3.63) is 92.5 Å². The van der Waals surface area contributed by atoms with Crippen LogP contribution < -0.4 is 4.74 Å². The van der Waals surface area contributed by atoms with Gasteiger partial charge >= 0.3 is 5.97 Å². The van der Waals surface area contributed by atoms with E-state index in [-0.39, 0.29) is 18.5 Å². The van der Waals surface area contributed by atoms with Gasteiger partial charge < -0.3 is 19.1 Å². The van der Waals surface area contributed by atoms with E-state index in [1.165, 1.54) is 13.3 Å². The van der Waals surface area contributed by atoms with Gasteiger partial charge in [0.25, 0.3) is 0 Å². The molecule has 2 aliphatic carbocycles. The third-order valence-electron chi connectivity index (χ3n) is 7.60. The zero-order valence-corrected chi connectivity index (χ0v) is 23.5. The summed E-state index contributed by atoms with van der Waals surface area (Å²) >= 11 is 12.9. The fourth-order valence-electron chi connectivity index (χ4n) is 5.31. The summed E-state index contributed by atoms with van der Waals surface area (Å²) in [6.45, 7) is 2.09. The average molecular weight is 580 g/mol. The van der Waals surface area contributed by atoms with E-state index in [1.54, 1.807) is 30.5 Å². The Kier molecular flexibility index (Phi) is 7.02. The summed E-state index contributed by atoms with van der Waals surface area (Å²) in [5.74, 6) is 1.10. The normalized spacial score (nSPS) is 20.2. The molecule has 2 aromatic carbocycles. The molecule has 2 fully saturated rings. The molecule has 0 bridgehead atoms. The lowest BCUT2D eigenvalue weighted by Gasteiger charge is -2.43. The van der Waals surface area contributed by atoms with Gasteiger partial charge in [0.1, 0.15) is 23.7 Å². The molecular formula is C30H27Cl2N3O5. The Morgan fingerprint density at radius 2 is 1.85 bits per heavy atom. The minimum Gasteiger partial charge on any atom is -0.471 e. The van der Waals surface area contributed by atoms with Crippen LogP contribution in [0.4, 0.5) is 0 Å². The molecular weight excluding hydrogens is 553 g/mol. The molecule has 2 aromatic heterocycles. The van der Waals surface area contributed by atoms with Crippen LogP contribution in [0.1, 0.15) is 76.0 Å². The molecule has 206 valence electrons. The Morgan fingerprint density at radius 1 is 1.10 bits per heavy atom. The fourth-order valence-corrected chi connectivity index (χ4v) is 5.89. The van der Waals surface area contributed by atoms with Crippen molar-refractivity contribution in [2.45, 2.75) is 56.7 Å². The van der Waals surface area contributed by atoms with Crippen LogP contribution in [-0.4, -0.2) is 33.3 Å². The van der Waals surface area contributed by atoms with E-state index in [1.807, 2.05) is 19.1 Å². The second-order valence-corrected chi connectivity index (χ2v) is 11.3. The van der Waals surface area contributed by atoms with Crippen LogP contribution >= 0.6 is 23.2 Å². The van der Waals surface area contributed by atoms with Crippen molar-refractivity contribution in [1.82, 2.24) is 15.1 Å². The lowest BCUT2D eigenvalue weighted by molar-refractivity contribution is -0.0590. The lowest BCUT2D eigenvalue weighted by Crippen LogP contribution is -2.40. The van der Waals surface area contributed by atoms with E-state index < -0.39 is 5.60 Å².